The summed E-state index contributed by atoms with van der Waals surface area (Å²) in [7, 11) is 1.59. The van der Waals surface area contributed by atoms with Crippen LogP contribution in [0, 0.1) is 5.82 Å². The number of para-hydroxylation sites is 1. The molecule has 174 valence electrons. The van der Waals surface area contributed by atoms with Gasteiger partial charge in [-0.05, 0) is 49.4 Å². The van der Waals surface area contributed by atoms with Gasteiger partial charge in [0.1, 0.15) is 11.4 Å². The third kappa shape index (κ3) is 4.42. The van der Waals surface area contributed by atoms with Crippen LogP contribution < -0.4 is 20.0 Å². The minimum atomic E-state index is -0.235. The third-order valence-corrected chi connectivity index (χ3v) is 6.70. The number of anilines is 1. The van der Waals surface area contributed by atoms with Gasteiger partial charge in [0.05, 0.1) is 19.4 Å². The monoisotopic (exact) mass is 452 g/mol. The van der Waals surface area contributed by atoms with Crippen molar-refractivity contribution in [2.24, 2.45) is 0 Å². The van der Waals surface area contributed by atoms with E-state index in [1.165, 1.54) is 6.07 Å². The maximum atomic E-state index is 14.0. The van der Waals surface area contributed by atoms with Crippen LogP contribution in [0.2, 0.25) is 0 Å². The molecule has 6 nitrogen and oxygen atoms in total. The molecule has 0 spiro atoms. The van der Waals surface area contributed by atoms with Gasteiger partial charge in [0.25, 0.3) is 0 Å². The first kappa shape index (κ1) is 21.8. The Hall–Kier alpha value is -3.06. The number of nitrogens with zero attached hydrogens (tertiary/aromatic N) is 2. The van der Waals surface area contributed by atoms with E-state index in [1.807, 2.05) is 18.2 Å². The lowest BCUT2D eigenvalue weighted by Crippen LogP contribution is -2.47. The molecule has 1 saturated heterocycles. The molecule has 0 amide bonds. The number of hydrogen-bond donors (Lipinski definition) is 0. The highest BCUT2D eigenvalue weighted by atomic mass is 19.1. The minimum absolute atomic E-state index is 0.159. The molecule has 0 atom stereocenters. The number of methoxy groups -OCH3 is 1. The molecule has 5 rings (SSSR count). The number of aryl methyl sites for hydroxylation is 1. The van der Waals surface area contributed by atoms with Gasteiger partial charge < -0.3 is 18.8 Å². The summed E-state index contributed by atoms with van der Waals surface area (Å²) < 4.78 is 31.1. The lowest BCUT2D eigenvalue weighted by atomic mass is 10.1. The van der Waals surface area contributed by atoms with Gasteiger partial charge in [-0.1, -0.05) is 12.1 Å². The molecule has 1 fully saturated rings. The van der Waals surface area contributed by atoms with Crippen LogP contribution in [0.3, 0.4) is 0 Å². The van der Waals surface area contributed by atoms with Gasteiger partial charge in [0.15, 0.2) is 11.5 Å². The Balaban J connectivity index is 1.18. The van der Waals surface area contributed by atoms with Crippen LogP contribution in [0.25, 0.3) is 11.0 Å². The second kappa shape index (κ2) is 9.43. The summed E-state index contributed by atoms with van der Waals surface area (Å²) in [5.74, 6) is 1.09. The molecule has 2 heterocycles. The summed E-state index contributed by atoms with van der Waals surface area (Å²) >= 11 is 0. The quantitative estimate of drug-likeness (QED) is 0.399. The van der Waals surface area contributed by atoms with Gasteiger partial charge in [0, 0.05) is 49.7 Å². The van der Waals surface area contributed by atoms with E-state index < -0.39 is 0 Å². The third-order valence-electron chi connectivity index (χ3n) is 6.70. The van der Waals surface area contributed by atoms with Gasteiger partial charge >= 0.3 is 5.63 Å². The van der Waals surface area contributed by atoms with E-state index in [0.717, 1.165) is 74.9 Å². The van der Waals surface area contributed by atoms with Crippen molar-refractivity contribution in [1.29, 1.82) is 0 Å². The second-order valence-corrected chi connectivity index (χ2v) is 8.68. The van der Waals surface area contributed by atoms with Crippen LogP contribution in [-0.2, 0) is 12.8 Å². The van der Waals surface area contributed by atoms with Crippen molar-refractivity contribution < 1.29 is 18.3 Å². The summed E-state index contributed by atoms with van der Waals surface area (Å²) in [4.78, 5) is 16.7. The van der Waals surface area contributed by atoms with E-state index in [4.69, 9.17) is 13.9 Å². The van der Waals surface area contributed by atoms with Crippen LogP contribution in [0.4, 0.5) is 10.1 Å². The Morgan fingerprint density at radius 2 is 1.82 bits per heavy atom. The zero-order valence-corrected chi connectivity index (χ0v) is 18.9. The van der Waals surface area contributed by atoms with E-state index in [9.17, 15) is 9.18 Å². The van der Waals surface area contributed by atoms with Gasteiger partial charge in [-0.2, -0.15) is 0 Å². The molecule has 2 aliphatic rings. The summed E-state index contributed by atoms with van der Waals surface area (Å²) in [6.45, 7) is 4.92. The van der Waals surface area contributed by atoms with Crippen molar-refractivity contribution in [2.45, 2.75) is 25.7 Å². The highest BCUT2D eigenvalue weighted by Crippen LogP contribution is 2.36. The zero-order valence-electron chi connectivity index (χ0n) is 18.9. The average Bonchev–Trinajstić information content (AvgIpc) is 3.34. The van der Waals surface area contributed by atoms with E-state index >= 15 is 0 Å². The molecule has 0 radical (unpaired) electrons. The van der Waals surface area contributed by atoms with Gasteiger partial charge in [-0.25, -0.2) is 9.18 Å². The fraction of sp³-hybridized carbons (Fsp3) is 0.423. The van der Waals surface area contributed by atoms with Gasteiger partial charge in [-0.3, -0.25) is 4.90 Å². The summed E-state index contributed by atoms with van der Waals surface area (Å²) in [5.41, 5.74) is 2.89. The van der Waals surface area contributed by atoms with Gasteiger partial charge in [-0.15, -0.1) is 0 Å². The van der Waals surface area contributed by atoms with Crippen LogP contribution in [0.15, 0.2) is 45.6 Å². The van der Waals surface area contributed by atoms with E-state index in [1.54, 1.807) is 19.2 Å². The molecule has 1 aromatic heterocycles. The first-order valence-electron chi connectivity index (χ1n) is 11.7. The van der Waals surface area contributed by atoms with Crippen molar-refractivity contribution in [3.63, 3.8) is 0 Å². The van der Waals surface area contributed by atoms with Gasteiger partial charge in [0.2, 0.25) is 0 Å². The fourth-order valence-corrected chi connectivity index (χ4v) is 4.95. The van der Waals surface area contributed by atoms with Crippen molar-refractivity contribution in [3.05, 3.63) is 63.8 Å². The maximum Gasteiger partial charge on any atom is 0.339 e. The normalized spacial score (nSPS) is 16.2. The lowest BCUT2D eigenvalue weighted by molar-refractivity contribution is 0.221. The number of benzene rings is 2. The highest BCUT2D eigenvalue weighted by Gasteiger charge is 2.22. The van der Waals surface area contributed by atoms with Crippen molar-refractivity contribution in [2.75, 3.05) is 51.3 Å². The molecule has 0 unspecified atom stereocenters. The van der Waals surface area contributed by atoms with Crippen molar-refractivity contribution in [3.8, 4) is 11.5 Å². The SMILES string of the molecule is COc1cc2oc(=O)c3c(c2cc1OCCCN1CCN(c2ccccc2F)CC1)CCC3. The Kier molecular flexibility index (Phi) is 6.22. The molecule has 33 heavy (non-hydrogen) atoms. The smallest absolute Gasteiger partial charge is 0.339 e. The molecule has 2 aromatic carbocycles. The standard InChI is InChI=1S/C26H29FN2O4/c1-31-24-17-23-20(18-6-4-7-19(18)26(30)33-23)16-25(24)32-15-5-10-28-11-13-29(14-12-28)22-9-3-2-8-21(22)27/h2-3,8-9,16-17H,4-7,10-15H2,1H3. The Bertz CT molecular complexity index is 1200. The summed E-state index contributed by atoms with van der Waals surface area (Å²) in [6, 6.07) is 10.7. The molecule has 7 heteroatoms. The average molecular weight is 453 g/mol. The van der Waals surface area contributed by atoms with Crippen LogP contribution in [0.1, 0.15) is 24.0 Å². The molecular formula is C26H29FN2O4. The zero-order chi connectivity index (χ0) is 22.8. The molecule has 0 N–H and O–H groups in total. The van der Waals surface area contributed by atoms with Crippen molar-refractivity contribution >= 4 is 16.7 Å². The summed E-state index contributed by atoms with van der Waals surface area (Å²) in [5, 5.41) is 0.946. The predicted octanol–water partition coefficient (Wildman–Crippen LogP) is 4.02. The Morgan fingerprint density at radius 3 is 2.61 bits per heavy atom. The second-order valence-electron chi connectivity index (χ2n) is 8.68. The van der Waals surface area contributed by atoms with E-state index in [2.05, 4.69) is 9.80 Å². The number of piperazine rings is 1. The first-order chi connectivity index (χ1) is 16.1. The minimum Gasteiger partial charge on any atom is -0.493 e. The van der Waals surface area contributed by atoms with Crippen LogP contribution >= 0.6 is 0 Å². The number of hydrogen-bond acceptors (Lipinski definition) is 6. The van der Waals surface area contributed by atoms with Crippen LogP contribution in [0.5, 0.6) is 11.5 Å². The van der Waals surface area contributed by atoms with Crippen LogP contribution in [-0.4, -0.2) is 51.3 Å². The molecular weight excluding hydrogens is 423 g/mol. The molecule has 3 aromatic rings. The Morgan fingerprint density at radius 1 is 1.03 bits per heavy atom. The molecule has 0 bridgehead atoms. The summed E-state index contributed by atoms with van der Waals surface area (Å²) in [6.07, 6.45) is 3.52. The molecule has 0 saturated carbocycles. The number of halogens is 1. The number of fused-ring (bicyclic) bond motifs is 3. The largest absolute Gasteiger partial charge is 0.493 e. The Labute approximate surface area is 192 Å². The first-order valence-corrected chi connectivity index (χ1v) is 11.7. The lowest BCUT2D eigenvalue weighted by Gasteiger charge is -2.36. The number of rotatable bonds is 7. The fourth-order valence-electron chi connectivity index (χ4n) is 4.95. The maximum absolute atomic E-state index is 14.0. The number of ether oxygens (including phenoxy) is 2. The molecule has 1 aliphatic heterocycles. The van der Waals surface area contributed by atoms with E-state index in [0.29, 0.717) is 29.4 Å². The highest BCUT2D eigenvalue weighted by molar-refractivity contribution is 5.85. The molecule has 1 aliphatic carbocycles. The predicted molar refractivity (Wildman–Crippen MR) is 126 cm³/mol. The van der Waals surface area contributed by atoms with E-state index in [-0.39, 0.29) is 11.4 Å². The van der Waals surface area contributed by atoms with Crippen molar-refractivity contribution in [1.82, 2.24) is 4.90 Å². The topological polar surface area (TPSA) is 55.2 Å².